The van der Waals surface area contributed by atoms with E-state index in [-0.39, 0.29) is 0 Å². The van der Waals surface area contributed by atoms with Crippen molar-refractivity contribution in [3.63, 3.8) is 0 Å². The molecule has 2 heteroatoms. The fourth-order valence-corrected chi connectivity index (χ4v) is 2.74. The van der Waals surface area contributed by atoms with E-state index in [2.05, 4.69) is 65.5 Å². The van der Waals surface area contributed by atoms with Crippen LogP contribution >= 0.6 is 0 Å². The highest BCUT2D eigenvalue weighted by atomic mass is 15.1. The van der Waals surface area contributed by atoms with Crippen molar-refractivity contribution in [1.29, 1.82) is 0 Å². The highest BCUT2D eigenvalue weighted by Gasteiger charge is 2.25. The van der Waals surface area contributed by atoms with Crippen molar-refractivity contribution in [2.75, 3.05) is 6.54 Å². The van der Waals surface area contributed by atoms with Crippen LogP contribution in [0.25, 0.3) is 0 Å². The van der Waals surface area contributed by atoms with Crippen molar-refractivity contribution >= 4 is 0 Å². The Kier molecular flexibility index (Phi) is 2.73. The van der Waals surface area contributed by atoms with Crippen molar-refractivity contribution in [3.8, 4) is 0 Å². The predicted octanol–water partition coefficient (Wildman–Crippen LogP) is 2.94. The molecule has 3 rings (SSSR count). The molecule has 0 saturated carbocycles. The Labute approximate surface area is 102 Å². The monoisotopic (exact) mass is 226 g/mol. The van der Waals surface area contributed by atoms with Crippen LogP contribution in [-0.4, -0.2) is 11.1 Å². The topological polar surface area (TPSA) is 17.0 Å². The molecule has 1 aromatic carbocycles. The van der Waals surface area contributed by atoms with Crippen LogP contribution in [-0.2, 0) is 6.54 Å². The van der Waals surface area contributed by atoms with Crippen molar-refractivity contribution in [1.82, 2.24) is 9.88 Å². The molecule has 2 atom stereocenters. The summed E-state index contributed by atoms with van der Waals surface area (Å²) in [5.74, 6) is 0.505. The van der Waals surface area contributed by atoms with Crippen LogP contribution in [0, 0.1) is 0 Å². The molecule has 1 N–H and O–H groups in total. The minimum atomic E-state index is 0.432. The normalized spacial score (nSPS) is 20.9. The fraction of sp³-hybridized carbons (Fsp3) is 0.333. The third kappa shape index (κ3) is 1.89. The summed E-state index contributed by atoms with van der Waals surface area (Å²) in [6.07, 6.45) is 2.18. The van der Waals surface area contributed by atoms with Crippen LogP contribution in [0.5, 0.6) is 0 Å². The third-order valence-corrected chi connectivity index (χ3v) is 3.73. The maximum absolute atomic E-state index is 3.64. The van der Waals surface area contributed by atoms with Gasteiger partial charge in [0.05, 0.1) is 6.04 Å². The summed E-state index contributed by atoms with van der Waals surface area (Å²) in [6, 6.07) is 15.6. The average molecular weight is 226 g/mol. The van der Waals surface area contributed by atoms with Crippen LogP contribution in [0.2, 0.25) is 0 Å². The van der Waals surface area contributed by atoms with Crippen LogP contribution in [0.4, 0.5) is 0 Å². The van der Waals surface area contributed by atoms with Crippen molar-refractivity contribution < 1.29 is 0 Å². The molecule has 17 heavy (non-hydrogen) atoms. The van der Waals surface area contributed by atoms with Gasteiger partial charge in [-0.05, 0) is 17.7 Å². The minimum Gasteiger partial charge on any atom is -0.349 e. The van der Waals surface area contributed by atoms with E-state index in [0.29, 0.717) is 12.0 Å². The van der Waals surface area contributed by atoms with Gasteiger partial charge < -0.3 is 9.88 Å². The van der Waals surface area contributed by atoms with E-state index in [0.717, 1.165) is 13.1 Å². The molecule has 0 bridgehead atoms. The Bertz CT molecular complexity index is 487. The smallest absolute Gasteiger partial charge is 0.0542 e. The molecule has 0 fully saturated rings. The summed E-state index contributed by atoms with van der Waals surface area (Å²) in [4.78, 5) is 0. The lowest BCUT2D eigenvalue weighted by molar-refractivity contribution is 0.384. The first-order chi connectivity index (χ1) is 8.36. The molecule has 2 aromatic rings. The van der Waals surface area contributed by atoms with Gasteiger partial charge in [0, 0.05) is 30.9 Å². The van der Waals surface area contributed by atoms with Gasteiger partial charge in [-0.2, -0.15) is 0 Å². The summed E-state index contributed by atoms with van der Waals surface area (Å²) >= 11 is 0. The summed E-state index contributed by atoms with van der Waals surface area (Å²) in [6.45, 7) is 4.44. The molecule has 2 nitrogen and oxygen atoms in total. The lowest BCUT2D eigenvalue weighted by Crippen LogP contribution is -2.35. The number of hydrogen-bond donors (Lipinski definition) is 1. The zero-order valence-corrected chi connectivity index (χ0v) is 10.1. The highest BCUT2D eigenvalue weighted by molar-refractivity contribution is 5.25. The average Bonchev–Trinajstić information content (AvgIpc) is 2.87. The Balaban J connectivity index is 1.92. The number of rotatable bonds is 2. The first kappa shape index (κ1) is 10.6. The lowest BCUT2D eigenvalue weighted by Gasteiger charge is -2.31. The molecular formula is C15H18N2. The first-order valence-electron chi connectivity index (χ1n) is 6.29. The molecule has 2 unspecified atom stereocenters. The van der Waals surface area contributed by atoms with Crippen LogP contribution in [0.3, 0.4) is 0 Å². The number of benzene rings is 1. The van der Waals surface area contributed by atoms with Crippen LogP contribution < -0.4 is 5.32 Å². The molecule has 2 heterocycles. The van der Waals surface area contributed by atoms with Gasteiger partial charge in [-0.1, -0.05) is 37.3 Å². The van der Waals surface area contributed by atoms with Gasteiger partial charge >= 0.3 is 0 Å². The molecule has 0 amide bonds. The van der Waals surface area contributed by atoms with E-state index >= 15 is 0 Å². The highest BCUT2D eigenvalue weighted by Crippen LogP contribution is 2.32. The standard InChI is InChI=1S/C15H18N2/c1-12(13-6-3-2-4-7-13)15-14-8-5-10-17(14)11-9-16-15/h2-8,10,12,15-16H,9,11H2,1H3. The molecule has 1 aliphatic heterocycles. The molecule has 0 spiro atoms. The molecular weight excluding hydrogens is 208 g/mol. The number of fused-ring (bicyclic) bond motifs is 1. The molecule has 0 radical (unpaired) electrons. The second-order valence-electron chi connectivity index (χ2n) is 4.76. The summed E-state index contributed by atoms with van der Waals surface area (Å²) in [7, 11) is 0. The number of hydrogen-bond acceptors (Lipinski definition) is 1. The summed E-state index contributed by atoms with van der Waals surface area (Å²) < 4.78 is 2.36. The zero-order chi connectivity index (χ0) is 11.7. The van der Waals surface area contributed by atoms with Crippen molar-refractivity contribution in [3.05, 3.63) is 59.9 Å². The van der Waals surface area contributed by atoms with E-state index in [1.165, 1.54) is 11.3 Å². The maximum atomic E-state index is 3.64. The van der Waals surface area contributed by atoms with E-state index in [1.807, 2.05) is 0 Å². The zero-order valence-electron chi connectivity index (χ0n) is 10.1. The molecule has 0 saturated heterocycles. The summed E-state index contributed by atoms with van der Waals surface area (Å²) in [5.41, 5.74) is 2.81. The van der Waals surface area contributed by atoms with Gasteiger partial charge in [-0.15, -0.1) is 0 Å². The van der Waals surface area contributed by atoms with Crippen molar-refractivity contribution in [2.45, 2.75) is 25.4 Å². The SMILES string of the molecule is CC(c1ccccc1)C1NCCn2cccc21. The van der Waals surface area contributed by atoms with E-state index in [1.54, 1.807) is 0 Å². The van der Waals surface area contributed by atoms with E-state index in [4.69, 9.17) is 0 Å². The van der Waals surface area contributed by atoms with Crippen molar-refractivity contribution in [2.24, 2.45) is 0 Å². The van der Waals surface area contributed by atoms with Gasteiger partial charge in [0.15, 0.2) is 0 Å². The second-order valence-corrected chi connectivity index (χ2v) is 4.76. The fourth-order valence-electron chi connectivity index (χ4n) is 2.74. The second kappa shape index (κ2) is 4.38. The van der Waals surface area contributed by atoms with Gasteiger partial charge in [-0.25, -0.2) is 0 Å². The van der Waals surface area contributed by atoms with Gasteiger partial charge in [0.1, 0.15) is 0 Å². The third-order valence-electron chi connectivity index (χ3n) is 3.73. The quantitative estimate of drug-likeness (QED) is 0.833. The van der Waals surface area contributed by atoms with Crippen LogP contribution in [0.1, 0.15) is 30.1 Å². The lowest BCUT2D eigenvalue weighted by atomic mass is 9.90. The molecule has 0 aliphatic carbocycles. The Morgan fingerprint density at radius 1 is 1.18 bits per heavy atom. The Morgan fingerprint density at radius 3 is 2.82 bits per heavy atom. The summed E-state index contributed by atoms with van der Waals surface area (Å²) in [5, 5.41) is 3.64. The Morgan fingerprint density at radius 2 is 2.00 bits per heavy atom. The van der Waals surface area contributed by atoms with Gasteiger partial charge in [0.25, 0.3) is 0 Å². The van der Waals surface area contributed by atoms with Gasteiger partial charge in [-0.3, -0.25) is 0 Å². The molecule has 1 aliphatic rings. The van der Waals surface area contributed by atoms with Gasteiger partial charge in [0.2, 0.25) is 0 Å². The Hall–Kier alpha value is -1.54. The number of nitrogens with one attached hydrogen (secondary N) is 1. The predicted molar refractivity (Wildman–Crippen MR) is 70.0 cm³/mol. The molecule has 88 valence electrons. The minimum absolute atomic E-state index is 0.432. The largest absolute Gasteiger partial charge is 0.349 e. The first-order valence-corrected chi connectivity index (χ1v) is 6.29. The number of aromatic nitrogens is 1. The van der Waals surface area contributed by atoms with E-state index < -0.39 is 0 Å². The van der Waals surface area contributed by atoms with E-state index in [9.17, 15) is 0 Å². The number of nitrogens with zero attached hydrogens (tertiary/aromatic N) is 1. The molecule has 1 aromatic heterocycles. The maximum Gasteiger partial charge on any atom is 0.0542 e. The van der Waals surface area contributed by atoms with Crippen LogP contribution in [0.15, 0.2) is 48.7 Å².